The van der Waals surface area contributed by atoms with Gasteiger partial charge in [0, 0.05) is 11.1 Å². The summed E-state index contributed by atoms with van der Waals surface area (Å²) in [5, 5.41) is 0. The molecule has 3 aromatic carbocycles. The third-order valence-corrected chi connectivity index (χ3v) is 9.45. The highest BCUT2D eigenvalue weighted by atomic mass is 19.2. The Labute approximate surface area is 249 Å². The van der Waals surface area contributed by atoms with E-state index in [4.69, 9.17) is 4.74 Å². The molecule has 0 N–H and O–H groups in total. The van der Waals surface area contributed by atoms with Gasteiger partial charge in [-0.2, -0.15) is 4.39 Å². The molecule has 2 aliphatic rings. The fourth-order valence-corrected chi connectivity index (χ4v) is 6.94. The molecule has 1 unspecified atom stereocenters. The van der Waals surface area contributed by atoms with Gasteiger partial charge in [0.2, 0.25) is 5.82 Å². The van der Waals surface area contributed by atoms with E-state index in [-0.39, 0.29) is 17.1 Å². The van der Waals surface area contributed by atoms with Crippen molar-refractivity contribution in [3.63, 3.8) is 0 Å². The van der Waals surface area contributed by atoms with Crippen LogP contribution in [0.1, 0.15) is 90.0 Å². The highest BCUT2D eigenvalue weighted by Gasteiger charge is 2.29. The maximum absolute atomic E-state index is 15.4. The van der Waals surface area contributed by atoms with E-state index in [1.54, 1.807) is 31.2 Å². The van der Waals surface area contributed by atoms with Crippen LogP contribution in [0.5, 0.6) is 5.75 Å². The summed E-state index contributed by atoms with van der Waals surface area (Å²) in [7, 11) is 0. The average molecular weight is 573 g/mol. The highest BCUT2D eigenvalue weighted by Crippen LogP contribution is 2.43. The van der Waals surface area contributed by atoms with Crippen LogP contribution in [-0.2, 0) is 0 Å². The van der Waals surface area contributed by atoms with Gasteiger partial charge in [-0.15, -0.1) is 0 Å². The third-order valence-electron chi connectivity index (χ3n) is 9.45. The zero-order valence-corrected chi connectivity index (χ0v) is 25.0. The van der Waals surface area contributed by atoms with Crippen molar-refractivity contribution in [3.8, 4) is 28.0 Å². The predicted molar refractivity (Wildman–Crippen MR) is 168 cm³/mol. The Hall–Kier alpha value is -3.27. The Balaban J connectivity index is 1.21. The first-order valence-corrected chi connectivity index (χ1v) is 15.8. The number of hydrogen-bond acceptors (Lipinski definition) is 1. The number of allylic oxidation sites excluding steroid dienone is 3. The van der Waals surface area contributed by atoms with Crippen molar-refractivity contribution >= 4 is 5.57 Å². The molecule has 5 rings (SSSR count). The Morgan fingerprint density at radius 1 is 0.762 bits per heavy atom. The standard InChI is InChI=1S/C38H43F3O/c1-3-5-6-7-26-8-10-27(11-9-26)28-12-16-30(17-13-28)33-21-20-32(25-35(33)39)29-14-18-31(19-15-29)34-22-23-36(42-24-4-2)38(41)37(34)40/h4,14-16,18-28H,3,5-13,17H2,1-2H3/b24-4-. The molecular formula is C38H43F3O. The van der Waals surface area contributed by atoms with Crippen molar-refractivity contribution in [1.29, 1.82) is 0 Å². The van der Waals surface area contributed by atoms with Crippen molar-refractivity contribution in [3.05, 3.63) is 96.0 Å². The first-order valence-electron chi connectivity index (χ1n) is 15.8. The van der Waals surface area contributed by atoms with Crippen LogP contribution in [-0.4, -0.2) is 0 Å². The lowest BCUT2D eigenvalue weighted by Crippen LogP contribution is -2.23. The van der Waals surface area contributed by atoms with Gasteiger partial charge < -0.3 is 4.74 Å². The molecule has 4 heteroatoms. The summed E-state index contributed by atoms with van der Waals surface area (Å²) in [5.41, 5.74) is 4.09. The number of benzene rings is 3. The molecule has 0 heterocycles. The van der Waals surface area contributed by atoms with Gasteiger partial charge >= 0.3 is 0 Å². The van der Waals surface area contributed by atoms with Crippen LogP contribution < -0.4 is 4.74 Å². The summed E-state index contributed by atoms with van der Waals surface area (Å²) in [4.78, 5) is 0. The predicted octanol–water partition coefficient (Wildman–Crippen LogP) is 11.9. The zero-order chi connectivity index (χ0) is 29.5. The van der Waals surface area contributed by atoms with Gasteiger partial charge in [0.1, 0.15) is 5.82 Å². The van der Waals surface area contributed by atoms with Crippen LogP contribution in [0.2, 0.25) is 0 Å². The molecule has 1 fully saturated rings. The summed E-state index contributed by atoms with van der Waals surface area (Å²) in [6, 6.07) is 15.4. The van der Waals surface area contributed by atoms with Crippen LogP contribution in [0.4, 0.5) is 13.2 Å². The molecule has 42 heavy (non-hydrogen) atoms. The molecule has 1 atom stereocenters. The van der Waals surface area contributed by atoms with E-state index in [0.717, 1.165) is 53.7 Å². The van der Waals surface area contributed by atoms with E-state index in [1.165, 1.54) is 69.8 Å². The fourth-order valence-electron chi connectivity index (χ4n) is 6.94. The lowest BCUT2D eigenvalue weighted by molar-refractivity contribution is 0.187. The lowest BCUT2D eigenvalue weighted by Gasteiger charge is -2.35. The quantitative estimate of drug-likeness (QED) is 0.173. The van der Waals surface area contributed by atoms with Crippen molar-refractivity contribution in [1.82, 2.24) is 0 Å². The van der Waals surface area contributed by atoms with Gasteiger partial charge in [0.15, 0.2) is 11.6 Å². The van der Waals surface area contributed by atoms with Gasteiger partial charge in [0.05, 0.1) is 6.26 Å². The van der Waals surface area contributed by atoms with Crippen LogP contribution in [0.25, 0.3) is 27.8 Å². The minimum Gasteiger partial charge on any atom is -0.462 e. The largest absolute Gasteiger partial charge is 0.462 e. The molecule has 222 valence electrons. The van der Waals surface area contributed by atoms with Crippen molar-refractivity contribution in [2.45, 2.75) is 84.5 Å². The molecule has 0 saturated heterocycles. The second-order valence-electron chi connectivity index (χ2n) is 12.1. The zero-order valence-electron chi connectivity index (χ0n) is 25.0. The van der Waals surface area contributed by atoms with Gasteiger partial charge in [-0.05, 0) is 97.2 Å². The smallest absolute Gasteiger partial charge is 0.201 e. The van der Waals surface area contributed by atoms with E-state index >= 15 is 4.39 Å². The minimum absolute atomic E-state index is 0.149. The molecule has 0 aromatic heterocycles. The Kier molecular flexibility index (Phi) is 10.3. The molecule has 0 spiro atoms. The Morgan fingerprint density at radius 2 is 1.48 bits per heavy atom. The summed E-state index contributed by atoms with van der Waals surface area (Å²) >= 11 is 0. The first kappa shape index (κ1) is 30.2. The van der Waals surface area contributed by atoms with Crippen LogP contribution in [0, 0.1) is 35.2 Å². The van der Waals surface area contributed by atoms with Gasteiger partial charge in [0.25, 0.3) is 0 Å². The normalized spacial score (nSPS) is 21.0. The average Bonchev–Trinajstić information content (AvgIpc) is 3.02. The fraction of sp³-hybridized carbons (Fsp3) is 0.421. The first-order chi connectivity index (χ1) is 20.5. The number of hydrogen-bond donors (Lipinski definition) is 0. The number of unbranched alkanes of at least 4 members (excludes halogenated alkanes) is 2. The Morgan fingerprint density at radius 3 is 2.14 bits per heavy atom. The second kappa shape index (κ2) is 14.3. The SMILES string of the molecule is C/C=C\Oc1ccc(-c2ccc(-c3ccc(C4=CCC(C5CCC(CCCCC)CC5)CC4)c(F)c3)cc2)c(F)c1F. The van der Waals surface area contributed by atoms with Crippen LogP contribution in [0.3, 0.4) is 0 Å². The van der Waals surface area contributed by atoms with E-state index in [1.807, 2.05) is 24.3 Å². The number of rotatable bonds is 10. The van der Waals surface area contributed by atoms with Crippen molar-refractivity contribution in [2.75, 3.05) is 0 Å². The minimum atomic E-state index is -1.03. The molecule has 0 radical (unpaired) electrons. The van der Waals surface area contributed by atoms with Crippen LogP contribution >= 0.6 is 0 Å². The monoisotopic (exact) mass is 572 g/mol. The highest BCUT2D eigenvalue weighted by molar-refractivity contribution is 5.74. The third kappa shape index (κ3) is 7.02. The van der Waals surface area contributed by atoms with Crippen LogP contribution in [0.15, 0.2) is 73.0 Å². The van der Waals surface area contributed by atoms with Gasteiger partial charge in [-0.3, -0.25) is 0 Å². The molecule has 0 amide bonds. The van der Waals surface area contributed by atoms with E-state index in [2.05, 4.69) is 13.0 Å². The Bertz CT molecular complexity index is 1400. The molecule has 2 aliphatic carbocycles. The van der Waals surface area contributed by atoms with Crippen molar-refractivity contribution in [2.24, 2.45) is 17.8 Å². The summed E-state index contributed by atoms with van der Waals surface area (Å²) in [6.45, 7) is 4.01. The molecule has 3 aromatic rings. The maximum Gasteiger partial charge on any atom is 0.201 e. The van der Waals surface area contributed by atoms with E-state index in [9.17, 15) is 8.78 Å². The molecular weight excluding hydrogens is 529 g/mol. The van der Waals surface area contributed by atoms with Gasteiger partial charge in [-0.1, -0.05) is 94.0 Å². The molecule has 0 bridgehead atoms. The molecule has 0 aliphatic heterocycles. The molecule has 1 saturated carbocycles. The summed E-state index contributed by atoms with van der Waals surface area (Å²) in [6.07, 6.45) is 19.3. The van der Waals surface area contributed by atoms with E-state index < -0.39 is 11.6 Å². The maximum atomic E-state index is 15.4. The number of ether oxygens (including phenoxy) is 1. The topological polar surface area (TPSA) is 9.23 Å². The molecule has 1 nitrogen and oxygen atoms in total. The van der Waals surface area contributed by atoms with Gasteiger partial charge in [-0.25, -0.2) is 8.78 Å². The summed E-state index contributed by atoms with van der Waals surface area (Å²) in [5.74, 6) is 0.143. The van der Waals surface area contributed by atoms with Crippen molar-refractivity contribution < 1.29 is 17.9 Å². The van der Waals surface area contributed by atoms with E-state index in [0.29, 0.717) is 11.1 Å². The second-order valence-corrected chi connectivity index (χ2v) is 12.1. The number of halogens is 3. The summed E-state index contributed by atoms with van der Waals surface area (Å²) < 4.78 is 49.7. The lowest BCUT2D eigenvalue weighted by atomic mass is 9.70.